The SMILES string of the molecule is c1cc2ccc3cccc4c3c2c(c1)n4-c1ccc2oc3ccc(-n4c5cccc6ccc7cccc4c7c65)cc3c2c1. The van der Waals surface area contributed by atoms with Crippen molar-refractivity contribution >= 4 is 87.1 Å². The molecule has 43 heavy (non-hydrogen) atoms. The van der Waals surface area contributed by atoms with E-state index in [1.54, 1.807) is 0 Å². The molecule has 0 saturated carbocycles. The highest BCUT2D eigenvalue weighted by atomic mass is 16.3. The number of benzene rings is 8. The van der Waals surface area contributed by atoms with Crippen LogP contribution >= 0.6 is 0 Å². The van der Waals surface area contributed by atoms with Crippen LogP contribution in [0.4, 0.5) is 0 Å². The summed E-state index contributed by atoms with van der Waals surface area (Å²) in [5.41, 5.74) is 9.00. The summed E-state index contributed by atoms with van der Waals surface area (Å²) in [6.45, 7) is 0. The minimum Gasteiger partial charge on any atom is -0.456 e. The molecule has 3 heteroatoms. The summed E-state index contributed by atoms with van der Waals surface area (Å²) in [5.74, 6) is 0. The number of furan rings is 1. The van der Waals surface area contributed by atoms with Gasteiger partial charge in [-0.05, 0) is 82.2 Å². The van der Waals surface area contributed by atoms with Crippen molar-refractivity contribution < 1.29 is 4.42 Å². The second-order valence-corrected chi connectivity index (χ2v) is 11.8. The summed E-state index contributed by atoms with van der Waals surface area (Å²) in [6.07, 6.45) is 0. The molecule has 0 N–H and O–H groups in total. The molecule has 0 amide bonds. The standard InChI is InChI=1S/C40H22N2O/c1-5-23-13-14-24-6-2-10-32-38(24)37(23)31(9-1)41(32)27-17-19-35-29(21-27)30-22-28(18-20-36(30)43-35)42-33-11-3-7-25-15-16-26-8-4-12-34(42)40(26)39(25)33/h1-22H. The quantitative estimate of drug-likeness (QED) is 0.198. The maximum absolute atomic E-state index is 6.41. The highest BCUT2D eigenvalue weighted by molar-refractivity contribution is 6.25. The Morgan fingerprint density at radius 2 is 0.698 bits per heavy atom. The topological polar surface area (TPSA) is 23.0 Å². The number of rotatable bonds is 2. The molecule has 11 aromatic rings. The molecule has 0 aliphatic carbocycles. The van der Waals surface area contributed by atoms with Crippen LogP contribution in [0.25, 0.3) is 98.5 Å². The van der Waals surface area contributed by atoms with Crippen molar-refractivity contribution in [2.45, 2.75) is 0 Å². The van der Waals surface area contributed by atoms with Crippen molar-refractivity contribution in [3.63, 3.8) is 0 Å². The van der Waals surface area contributed by atoms with Gasteiger partial charge in [-0.25, -0.2) is 0 Å². The van der Waals surface area contributed by atoms with Crippen LogP contribution in [-0.4, -0.2) is 9.13 Å². The Bertz CT molecular complexity index is 2560. The van der Waals surface area contributed by atoms with E-state index in [2.05, 4.69) is 143 Å². The normalized spacial score (nSPS) is 12.7. The van der Waals surface area contributed by atoms with Gasteiger partial charge in [0.15, 0.2) is 0 Å². The van der Waals surface area contributed by atoms with E-state index in [-0.39, 0.29) is 0 Å². The van der Waals surface area contributed by atoms with Gasteiger partial charge in [-0.1, -0.05) is 72.8 Å². The summed E-state index contributed by atoms with van der Waals surface area (Å²) in [4.78, 5) is 0. The fourth-order valence-electron chi connectivity index (χ4n) is 7.83. The Morgan fingerprint density at radius 3 is 1.05 bits per heavy atom. The monoisotopic (exact) mass is 546 g/mol. The first-order valence-electron chi connectivity index (χ1n) is 14.8. The van der Waals surface area contributed by atoms with Crippen molar-refractivity contribution in [2.75, 3.05) is 0 Å². The molecule has 0 radical (unpaired) electrons. The Balaban J connectivity index is 1.20. The van der Waals surface area contributed by atoms with E-state index in [0.29, 0.717) is 0 Å². The molecule has 3 nitrogen and oxygen atoms in total. The van der Waals surface area contributed by atoms with Gasteiger partial charge < -0.3 is 13.6 Å². The van der Waals surface area contributed by atoms with E-state index >= 15 is 0 Å². The molecular formula is C40H22N2O. The third kappa shape index (κ3) is 2.66. The zero-order chi connectivity index (χ0) is 27.8. The lowest BCUT2D eigenvalue weighted by Gasteiger charge is -2.09. The molecule has 0 aliphatic rings. The van der Waals surface area contributed by atoms with Crippen LogP contribution in [0.5, 0.6) is 0 Å². The Hall–Kier alpha value is -5.80. The molecule has 0 saturated heterocycles. The fraction of sp³-hybridized carbons (Fsp3) is 0. The molecule has 0 spiro atoms. The van der Waals surface area contributed by atoms with Gasteiger partial charge in [0.1, 0.15) is 11.2 Å². The average Bonchev–Trinajstić information content (AvgIpc) is 3.71. The minimum atomic E-state index is 0.901. The molecule has 0 atom stereocenters. The Kier molecular flexibility index (Phi) is 3.83. The van der Waals surface area contributed by atoms with E-state index in [9.17, 15) is 0 Å². The second kappa shape index (κ2) is 7.53. The minimum absolute atomic E-state index is 0.901. The molecule has 11 rings (SSSR count). The summed E-state index contributed by atoms with van der Waals surface area (Å²) < 4.78 is 11.2. The van der Waals surface area contributed by atoms with E-state index in [0.717, 1.165) is 33.3 Å². The van der Waals surface area contributed by atoms with Gasteiger partial charge in [0.25, 0.3) is 0 Å². The van der Waals surface area contributed by atoms with Crippen molar-refractivity contribution in [3.8, 4) is 11.4 Å². The maximum atomic E-state index is 6.41. The van der Waals surface area contributed by atoms with Gasteiger partial charge in [-0.2, -0.15) is 0 Å². The van der Waals surface area contributed by atoms with Crippen LogP contribution in [-0.2, 0) is 0 Å². The summed E-state index contributed by atoms with van der Waals surface area (Å²) in [6, 6.07) is 48.6. The first-order valence-corrected chi connectivity index (χ1v) is 14.8. The third-order valence-electron chi connectivity index (χ3n) is 9.60. The molecule has 8 aromatic carbocycles. The number of nitrogens with zero attached hydrogens (tertiary/aromatic N) is 2. The lowest BCUT2D eigenvalue weighted by Crippen LogP contribution is -1.94. The molecule has 198 valence electrons. The predicted molar refractivity (Wildman–Crippen MR) is 180 cm³/mol. The summed E-state index contributed by atoms with van der Waals surface area (Å²) in [5, 5.41) is 12.6. The Labute approximate surface area is 245 Å². The fourth-order valence-corrected chi connectivity index (χ4v) is 7.83. The molecular weight excluding hydrogens is 524 g/mol. The van der Waals surface area contributed by atoms with E-state index in [1.165, 1.54) is 65.2 Å². The van der Waals surface area contributed by atoms with E-state index in [4.69, 9.17) is 4.42 Å². The molecule has 3 heterocycles. The van der Waals surface area contributed by atoms with Crippen LogP contribution in [0.15, 0.2) is 138 Å². The van der Waals surface area contributed by atoms with E-state index in [1.807, 2.05) is 0 Å². The summed E-state index contributed by atoms with van der Waals surface area (Å²) >= 11 is 0. The van der Waals surface area contributed by atoms with Gasteiger partial charge >= 0.3 is 0 Å². The molecule has 0 bridgehead atoms. The first kappa shape index (κ1) is 21.9. The summed E-state index contributed by atoms with van der Waals surface area (Å²) in [7, 11) is 0. The smallest absolute Gasteiger partial charge is 0.135 e. The van der Waals surface area contributed by atoms with Crippen molar-refractivity contribution in [1.82, 2.24) is 9.13 Å². The molecule has 0 fully saturated rings. The highest BCUT2D eigenvalue weighted by Crippen LogP contribution is 2.42. The largest absolute Gasteiger partial charge is 0.456 e. The van der Waals surface area contributed by atoms with Gasteiger partial charge in [-0.15, -0.1) is 0 Å². The predicted octanol–water partition coefficient (Wildman–Crippen LogP) is 11.0. The van der Waals surface area contributed by atoms with Crippen LogP contribution in [0.3, 0.4) is 0 Å². The van der Waals surface area contributed by atoms with Crippen LogP contribution < -0.4 is 0 Å². The van der Waals surface area contributed by atoms with Gasteiger partial charge in [0, 0.05) is 43.7 Å². The lowest BCUT2D eigenvalue weighted by molar-refractivity contribution is 0.669. The molecule has 3 aromatic heterocycles. The van der Waals surface area contributed by atoms with Gasteiger partial charge in [0.05, 0.1) is 22.1 Å². The highest BCUT2D eigenvalue weighted by Gasteiger charge is 2.19. The third-order valence-corrected chi connectivity index (χ3v) is 9.60. The van der Waals surface area contributed by atoms with Crippen molar-refractivity contribution in [1.29, 1.82) is 0 Å². The number of hydrogen-bond donors (Lipinski definition) is 0. The zero-order valence-corrected chi connectivity index (χ0v) is 23.0. The Morgan fingerprint density at radius 1 is 0.349 bits per heavy atom. The van der Waals surface area contributed by atoms with Crippen LogP contribution in [0.2, 0.25) is 0 Å². The van der Waals surface area contributed by atoms with Crippen LogP contribution in [0.1, 0.15) is 0 Å². The zero-order valence-electron chi connectivity index (χ0n) is 23.0. The first-order chi connectivity index (χ1) is 21.3. The number of hydrogen-bond acceptors (Lipinski definition) is 1. The number of fused-ring (bicyclic) bond motifs is 3. The van der Waals surface area contributed by atoms with Gasteiger partial charge in [0.2, 0.25) is 0 Å². The van der Waals surface area contributed by atoms with Crippen LogP contribution in [0, 0.1) is 0 Å². The maximum Gasteiger partial charge on any atom is 0.135 e. The van der Waals surface area contributed by atoms with Gasteiger partial charge in [-0.3, -0.25) is 0 Å². The molecule has 0 unspecified atom stereocenters. The van der Waals surface area contributed by atoms with E-state index < -0.39 is 0 Å². The number of aromatic nitrogens is 2. The lowest BCUT2D eigenvalue weighted by atomic mass is 10.0. The van der Waals surface area contributed by atoms with Crippen molar-refractivity contribution in [3.05, 3.63) is 133 Å². The van der Waals surface area contributed by atoms with Crippen molar-refractivity contribution in [2.24, 2.45) is 0 Å². The average molecular weight is 547 g/mol. The molecule has 0 aliphatic heterocycles. The second-order valence-electron chi connectivity index (χ2n) is 11.8.